The molecule has 0 saturated heterocycles. The van der Waals surface area contributed by atoms with Gasteiger partial charge in [-0.25, -0.2) is 0 Å². The molecule has 0 saturated carbocycles. The molecular weight excluding hydrogens is 384 g/mol. The van der Waals surface area contributed by atoms with Crippen molar-refractivity contribution >= 4 is 22.8 Å². The zero-order valence-corrected chi connectivity index (χ0v) is 18.6. The lowest BCUT2D eigenvalue weighted by Gasteiger charge is -2.12. The third kappa shape index (κ3) is 6.68. The lowest BCUT2D eigenvalue weighted by Crippen LogP contribution is -2.22. The smallest absolute Gasteiger partial charge is 0.243 e. The predicted octanol–water partition coefficient (Wildman–Crippen LogP) is 5.74. The number of hydrogen-bond donors (Lipinski definition) is 1. The van der Waals surface area contributed by atoms with Crippen molar-refractivity contribution in [2.75, 3.05) is 13.7 Å². The van der Waals surface area contributed by atoms with Gasteiger partial charge in [0.1, 0.15) is 5.75 Å². The topological polar surface area (TPSA) is 51.2 Å². The Morgan fingerprint density at radius 1 is 1.10 bits per heavy atom. The minimum Gasteiger partial charge on any atom is -0.497 e. The summed E-state index contributed by atoms with van der Waals surface area (Å²) >= 11 is 0. The number of nitrogens with zero attached hydrogens (tertiary/aromatic N) is 1. The van der Waals surface area contributed by atoms with Crippen LogP contribution < -0.4 is 10.1 Å². The summed E-state index contributed by atoms with van der Waals surface area (Å²) in [7, 11) is 1.69. The van der Waals surface area contributed by atoms with Gasteiger partial charge in [0.2, 0.25) is 5.91 Å². The van der Waals surface area contributed by atoms with Crippen LogP contribution in [0, 0.1) is 0 Å². The van der Waals surface area contributed by atoms with Gasteiger partial charge in [-0.3, -0.25) is 9.78 Å². The van der Waals surface area contributed by atoms with Crippen LogP contribution in [0.1, 0.15) is 49.3 Å². The lowest BCUT2D eigenvalue weighted by molar-refractivity contribution is -0.116. The summed E-state index contributed by atoms with van der Waals surface area (Å²) < 4.78 is 5.36. The lowest BCUT2D eigenvalue weighted by atomic mass is 9.94. The normalized spacial score (nSPS) is 11.2. The Hall–Kier alpha value is -3.14. The van der Waals surface area contributed by atoms with Crippen molar-refractivity contribution in [3.05, 3.63) is 77.6 Å². The van der Waals surface area contributed by atoms with E-state index in [1.165, 1.54) is 21.9 Å². The summed E-state index contributed by atoms with van der Waals surface area (Å²) in [4.78, 5) is 16.4. The first-order valence-corrected chi connectivity index (χ1v) is 11.2. The summed E-state index contributed by atoms with van der Waals surface area (Å²) in [5, 5.41) is 5.39. The van der Waals surface area contributed by atoms with Crippen molar-refractivity contribution < 1.29 is 9.53 Å². The van der Waals surface area contributed by atoms with Crippen molar-refractivity contribution in [2.24, 2.45) is 0 Å². The second-order valence-electron chi connectivity index (χ2n) is 7.77. The Morgan fingerprint density at radius 2 is 2.00 bits per heavy atom. The Morgan fingerprint density at radius 3 is 2.77 bits per heavy atom. The molecule has 4 heteroatoms. The number of benzene rings is 2. The second-order valence-corrected chi connectivity index (χ2v) is 7.77. The van der Waals surface area contributed by atoms with E-state index >= 15 is 0 Å². The van der Waals surface area contributed by atoms with Crippen molar-refractivity contribution in [1.82, 2.24) is 10.3 Å². The van der Waals surface area contributed by atoms with E-state index in [-0.39, 0.29) is 5.91 Å². The molecule has 1 aromatic heterocycles. The van der Waals surface area contributed by atoms with E-state index in [9.17, 15) is 4.79 Å². The van der Waals surface area contributed by atoms with Gasteiger partial charge >= 0.3 is 0 Å². The maximum absolute atomic E-state index is 12.3. The highest BCUT2D eigenvalue weighted by Gasteiger charge is 2.07. The number of nitrogens with one attached hydrogen (secondary N) is 1. The van der Waals surface area contributed by atoms with E-state index in [1.807, 2.05) is 24.4 Å². The maximum Gasteiger partial charge on any atom is 0.243 e. The molecule has 0 radical (unpaired) electrons. The van der Waals surface area contributed by atoms with Crippen LogP contribution in [0.15, 0.2) is 60.9 Å². The number of fused-ring (bicyclic) bond motifs is 1. The van der Waals surface area contributed by atoms with E-state index in [2.05, 4.69) is 47.6 Å². The fraction of sp³-hybridized carbons (Fsp3) is 0.333. The number of methoxy groups -OCH3 is 1. The van der Waals surface area contributed by atoms with Crippen LogP contribution in [0.3, 0.4) is 0 Å². The fourth-order valence-corrected chi connectivity index (χ4v) is 3.74. The number of carbonyl (C=O) groups is 1. The zero-order valence-electron chi connectivity index (χ0n) is 18.6. The first kappa shape index (κ1) is 22.5. The van der Waals surface area contributed by atoms with Gasteiger partial charge in [0.05, 0.1) is 7.11 Å². The highest BCUT2D eigenvalue weighted by Crippen LogP contribution is 2.28. The van der Waals surface area contributed by atoms with Gasteiger partial charge < -0.3 is 10.1 Å². The highest BCUT2D eigenvalue weighted by molar-refractivity contribution is 5.94. The van der Waals surface area contributed by atoms with E-state index in [1.54, 1.807) is 19.4 Å². The van der Waals surface area contributed by atoms with Gasteiger partial charge in [-0.2, -0.15) is 0 Å². The molecule has 0 aliphatic carbocycles. The van der Waals surface area contributed by atoms with Gasteiger partial charge in [0, 0.05) is 25.0 Å². The number of unbranched alkanes of at least 4 members (excludes halogenated alkanes) is 2. The molecule has 31 heavy (non-hydrogen) atoms. The predicted molar refractivity (Wildman–Crippen MR) is 128 cm³/mol. The third-order valence-corrected chi connectivity index (χ3v) is 5.48. The Labute approximate surface area is 185 Å². The molecule has 162 valence electrons. The number of carbonyl (C=O) groups excluding carboxylic acids is 1. The molecule has 1 N–H and O–H groups in total. The first-order valence-electron chi connectivity index (χ1n) is 11.2. The average molecular weight is 417 g/mol. The number of rotatable bonds is 11. The van der Waals surface area contributed by atoms with E-state index in [4.69, 9.17) is 4.74 Å². The number of hydrogen-bond acceptors (Lipinski definition) is 3. The van der Waals surface area contributed by atoms with Crippen molar-refractivity contribution in [3.63, 3.8) is 0 Å². The van der Waals surface area contributed by atoms with E-state index in [0.29, 0.717) is 6.54 Å². The Balaban J connectivity index is 1.59. The molecule has 0 aliphatic rings. The fourth-order valence-electron chi connectivity index (χ4n) is 3.74. The number of aromatic nitrogens is 1. The van der Waals surface area contributed by atoms with Crippen LogP contribution >= 0.6 is 0 Å². The van der Waals surface area contributed by atoms with E-state index < -0.39 is 0 Å². The van der Waals surface area contributed by atoms with Crippen LogP contribution in [0.4, 0.5) is 0 Å². The zero-order chi connectivity index (χ0) is 21.9. The second kappa shape index (κ2) is 11.9. The van der Waals surface area contributed by atoms with Crippen LogP contribution in [0.25, 0.3) is 16.8 Å². The molecule has 0 atom stereocenters. The largest absolute Gasteiger partial charge is 0.497 e. The average Bonchev–Trinajstić information content (AvgIpc) is 2.81. The molecule has 0 aliphatic heterocycles. The molecule has 0 fully saturated rings. The van der Waals surface area contributed by atoms with Gasteiger partial charge in [-0.1, -0.05) is 37.6 Å². The standard InChI is InChI=1S/C27H32N2O2/c1-3-4-10-25-22(11-12-23-19-24(31-2)14-15-26(23)25)13-16-27(30)29-18-6-5-8-21-9-7-17-28-20-21/h7,9,11-17,19-20H,3-6,8,10,18H2,1-2H3,(H,29,30)/b16-13+. The van der Waals surface area contributed by atoms with Crippen molar-refractivity contribution in [2.45, 2.75) is 45.4 Å². The molecule has 1 heterocycles. The molecular formula is C27H32N2O2. The van der Waals surface area contributed by atoms with E-state index in [0.717, 1.165) is 49.8 Å². The molecule has 0 spiro atoms. The Bertz CT molecular complexity index is 1010. The molecule has 3 aromatic rings. The molecule has 0 bridgehead atoms. The monoisotopic (exact) mass is 416 g/mol. The molecule has 2 aromatic carbocycles. The number of amides is 1. The number of ether oxygens (including phenoxy) is 1. The van der Waals surface area contributed by atoms with Crippen LogP contribution in [0.5, 0.6) is 5.75 Å². The van der Waals surface area contributed by atoms with Gasteiger partial charge in [0.15, 0.2) is 0 Å². The van der Waals surface area contributed by atoms with Crippen LogP contribution in [-0.2, 0) is 17.6 Å². The third-order valence-electron chi connectivity index (χ3n) is 5.48. The van der Waals surface area contributed by atoms with Crippen molar-refractivity contribution in [1.29, 1.82) is 0 Å². The van der Waals surface area contributed by atoms with Crippen molar-refractivity contribution in [3.8, 4) is 5.75 Å². The maximum atomic E-state index is 12.3. The Kier molecular flexibility index (Phi) is 8.65. The molecule has 0 unspecified atom stereocenters. The summed E-state index contributed by atoms with van der Waals surface area (Å²) in [5.74, 6) is 0.817. The first-order chi connectivity index (χ1) is 15.2. The minimum absolute atomic E-state index is 0.0438. The van der Waals surface area contributed by atoms with Crippen LogP contribution in [0.2, 0.25) is 0 Å². The highest BCUT2D eigenvalue weighted by atomic mass is 16.5. The summed E-state index contributed by atoms with van der Waals surface area (Å²) in [5.41, 5.74) is 3.64. The number of aryl methyl sites for hydroxylation is 2. The van der Waals surface area contributed by atoms with Gasteiger partial charge in [-0.05, 0) is 83.8 Å². The molecule has 1 amide bonds. The summed E-state index contributed by atoms with van der Waals surface area (Å²) in [6, 6.07) is 14.4. The quantitative estimate of drug-likeness (QED) is 0.320. The number of pyridine rings is 1. The van der Waals surface area contributed by atoms with Gasteiger partial charge in [-0.15, -0.1) is 0 Å². The van der Waals surface area contributed by atoms with Crippen LogP contribution in [-0.4, -0.2) is 24.5 Å². The summed E-state index contributed by atoms with van der Waals surface area (Å²) in [6.07, 6.45) is 13.5. The van der Waals surface area contributed by atoms with Gasteiger partial charge in [0.25, 0.3) is 0 Å². The molecule has 4 nitrogen and oxygen atoms in total. The minimum atomic E-state index is -0.0438. The molecule has 3 rings (SSSR count). The SMILES string of the molecule is CCCCc1c(/C=C/C(=O)NCCCCc2cccnc2)ccc2cc(OC)ccc12. The summed E-state index contributed by atoms with van der Waals surface area (Å²) in [6.45, 7) is 2.88.